The van der Waals surface area contributed by atoms with Crippen molar-refractivity contribution in [3.63, 3.8) is 0 Å². The highest BCUT2D eigenvalue weighted by Crippen LogP contribution is 2.25. The standard InChI is InChI=1S/C18H19N5OS2/c1-12-8-9-14(10-13(12)2)23-18(20-21-22-23)26-11-17(24)19-15-6-4-5-7-16(15)25-3/h4-10H,11H2,1-3H3,(H,19,24). The molecule has 1 aromatic heterocycles. The lowest BCUT2D eigenvalue weighted by atomic mass is 10.1. The average Bonchev–Trinajstić information content (AvgIpc) is 3.11. The fourth-order valence-corrected chi connectivity index (χ4v) is 3.60. The lowest BCUT2D eigenvalue weighted by Crippen LogP contribution is -2.15. The van der Waals surface area contributed by atoms with Gasteiger partial charge in [-0.2, -0.15) is 4.68 Å². The van der Waals surface area contributed by atoms with Gasteiger partial charge in [0.25, 0.3) is 0 Å². The molecule has 0 saturated carbocycles. The van der Waals surface area contributed by atoms with E-state index >= 15 is 0 Å². The van der Waals surface area contributed by atoms with Crippen molar-refractivity contribution in [2.24, 2.45) is 0 Å². The zero-order valence-electron chi connectivity index (χ0n) is 14.8. The molecular formula is C18H19N5OS2. The molecule has 0 radical (unpaired) electrons. The molecule has 0 aliphatic heterocycles. The monoisotopic (exact) mass is 385 g/mol. The lowest BCUT2D eigenvalue weighted by molar-refractivity contribution is -0.113. The predicted octanol–water partition coefficient (Wildman–Crippen LogP) is 3.73. The first kappa shape index (κ1) is 18.5. The van der Waals surface area contributed by atoms with E-state index < -0.39 is 0 Å². The number of benzene rings is 2. The number of rotatable bonds is 6. The number of thioether (sulfide) groups is 2. The number of aromatic nitrogens is 4. The first-order chi connectivity index (χ1) is 12.6. The van der Waals surface area contributed by atoms with E-state index in [9.17, 15) is 4.79 Å². The second-order valence-corrected chi connectivity index (χ2v) is 7.47. The van der Waals surface area contributed by atoms with Crippen LogP contribution in [0.1, 0.15) is 11.1 Å². The summed E-state index contributed by atoms with van der Waals surface area (Å²) >= 11 is 2.90. The Hall–Kier alpha value is -2.32. The second-order valence-electron chi connectivity index (χ2n) is 5.68. The average molecular weight is 386 g/mol. The van der Waals surface area contributed by atoms with Gasteiger partial charge in [-0.3, -0.25) is 4.79 Å². The molecule has 3 rings (SSSR count). The van der Waals surface area contributed by atoms with Gasteiger partial charge in [-0.25, -0.2) is 0 Å². The molecule has 0 spiro atoms. The van der Waals surface area contributed by atoms with Gasteiger partial charge in [0, 0.05) is 4.90 Å². The SMILES string of the molecule is CSc1ccccc1NC(=O)CSc1nnnn1-c1ccc(C)c(C)c1. The van der Waals surface area contributed by atoms with Crippen molar-refractivity contribution in [3.05, 3.63) is 53.6 Å². The predicted molar refractivity (Wildman–Crippen MR) is 106 cm³/mol. The van der Waals surface area contributed by atoms with Crippen LogP contribution < -0.4 is 5.32 Å². The van der Waals surface area contributed by atoms with Crippen LogP contribution in [0.25, 0.3) is 5.69 Å². The molecule has 0 fully saturated rings. The molecule has 3 aromatic rings. The van der Waals surface area contributed by atoms with Crippen molar-refractivity contribution < 1.29 is 4.79 Å². The van der Waals surface area contributed by atoms with Crippen molar-refractivity contribution in [3.8, 4) is 5.69 Å². The summed E-state index contributed by atoms with van der Waals surface area (Å²) in [5.41, 5.74) is 4.08. The number of carbonyl (C=O) groups excluding carboxylic acids is 1. The highest BCUT2D eigenvalue weighted by atomic mass is 32.2. The zero-order chi connectivity index (χ0) is 18.5. The first-order valence-corrected chi connectivity index (χ1v) is 10.2. The summed E-state index contributed by atoms with van der Waals surface area (Å²) in [6, 6.07) is 13.8. The number of hydrogen-bond acceptors (Lipinski definition) is 6. The Morgan fingerprint density at radius 1 is 1.15 bits per heavy atom. The Morgan fingerprint density at radius 2 is 1.96 bits per heavy atom. The van der Waals surface area contributed by atoms with Crippen LogP contribution in [0.3, 0.4) is 0 Å². The molecule has 1 heterocycles. The number of aryl methyl sites for hydroxylation is 2. The highest BCUT2D eigenvalue weighted by Gasteiger charge is 2.13. The number of nitrogens with one attached hydrogen (secondary N) is 1. The van der Waals surface area contributed by atoms with E-state index in [0.29, 0.717) is 5.16 Å². The van der Waals surface area contributed by atoms with Crippen molar-refractivity contribution in [1.29, 1.82) is 0 Å². The highest BCUT2D eigenvalue weighted by molar-refractivity contribution is 7.99. The number of nitrogens with zero attached hydrogens (tertiary/aromatic N) is 4. The molecule has 0 saturated heterocycles. The summed E-state index contributed by atoms with van der Waals surface area (Å²) in [7, 11) is 0. The maximum Gasteiger partial charge on any atom is 0.234 e. The Balaban J connectivity index is 1.68. The van der Waals surface area contributed by atoms with Crippen molar-refractivity contribution in [2.45, 2.75) is 23.9 Å². The van der Waals surface area contributed by atoms with Gasteiger partial charge in [-0.05, 0) is 65.9 Å². The van der Waals surface area contributed by atoms with Crippen LogP contribution in [0, 0.1) is 13.8 Å². The fraction of sp³-hybridized carbons (Fsp3) is 0.222. The largest absolute Gasteiger partial charge is 0.324 e. The van der Waals surface area contributed by atoms with Gasteiger partial charge in [0.15, 0.2) is 0 Å². The fourth-order valence-electron chi connectivity index (χ4n) is 2.35. The van der Waals surface area contributed by atoms with Crippen LogP contribution in [0.2, 0.25) is 0 Å². The summed E-state index contributed by atoms with van der Waals surface area (Å²) in [6.07, 6.45) is 1.98. The van der Waals surface area contributed by atoms with Crippen LogP contribution in [-0.4, -0.2) is 38.1 Å². The van der Waals surface area contributed by atoms with E-state index in [1.54, 1.807) is 16.4 Å². The van der Waals surface area contributed by atoms with Gasteiger partial charge in [0.2, 0.25) is 11.1 Å². The summed E-state index contributed by atoms with van der Waals surface area (Å²) in [5, 5.41) is 15.4. The van der Waals surface area contributed by atoms with Crippen LogP contribution in [0.4, 0.5) is 5.69 Å². The maximum absolute atomic E-state index is 12.3. The Labute approximate surface area is 160 Å². The van der Waals surface area contributed by atoms with Crippen LogP contribution in [0.15, 0.2) is 52.5 Å². The van der Waals surface area contributed by atoms with Gasteiger partial charge >= 0.3 is 0 Å². The van der Waals surface area contributed by atoms with Crippen molar-refractivity contribution in [2.75, 3.05) is 17.3 Å². The van der Waals surface area contributed by atoms with E-state index in [1.807, 2.05) is 55.6 Å². The minimum absolute atomic E-state index is 0.0915. The van der Waals surface area contributed by atoms with E-state index in [1.165, 1.54) is 22.9 Å². The Kier molecular flexibility index (Phi) is 5.95. The lowest BCUT2D eigenvalue weighted by Gasteiger charge is -2.09. The van der Waals surface area contributed by atoms with Crippen LogP contribution in [0.5, 0.6) is 0 Å². The number of para-hydroxylation sites is 1. The Bertz CT molecular complexity index is 925. The van der Waals surface area contributed by atoms with Crippen molar-refractivity contribution >= 4 is 35.1 Å². The summed E-state index contributed by atoms with van der Waals surface area (Å²) < 4.78 is 1.65. The molecule has 0 bridgehead atoms. The van der Waals surface area contributed by atoms with Gasteiger partial charge in [0.1, 0.15) is 0 Å². The maximum atomic E-state index is 12.3. The molecule has 6 nitrogen and oxygen atoms in total. The van der Waals surface area contributed by atoms with E-state index in [-0.39, 0.29) is 11.7 Å². The van der Waals surface area contributed by atoms with Crippen LogP contribution >= 0.6 is 23.5 Å². The molecule has 0 atom stereocenters. The third kappa shape index (κ3) is 4.25. The van der Waals surface area contributed by atoms with E-state index in [4.69, 9.17) is 0 Å². The minimum Gasteiger partial charge on any atom is -0.324 e. The first-order valence-electron chi connectivity index (χ1n) is 8.00. The summed E-state index contributed by atoms with van der Waals surface area (Å²) in [4.78, 5) is 13.3. The molecule has 2 aromatic carbocycles. The summed E-state index contributed by atoms with van der Waals surface area (Å²) in [6.45, 7) is 4.11. The number of tetrazole rings is 1. The molecule has 26 heavy (non-hydrogen) atoms. The quantitative estimate of drug-likeness (QED) is 0.652. The summed E-state index contributed by atoms with van der Waals surface area (Å²) in [5.74, 6) is 0.139. The minimum atomic E-state index is -0.0915. The van der Waals surface area contributed by atoms with Gasteiger partial charge < -0.3 is 5.32 Å². The Morgan fingerprint density at radius 3 is 2.73 bits per heavy atom. The van der Waals surface area contributed by atoms with Gasteiger partial charge in [-0.15, -0.1) is 16.9 Å². The normalized spacial score (nSPS) is 10.7. The molecule has 0 aliphatic rings. The second kappa shape index (κ2) is 8.37. The van der Waals surface area contributed by atoms with Gasteiger partial charge in [0.05, 0.1) is 17.1 Å². The van der Waals surface area contributed by atoms with E-state index in [2.05, 4.69) is 27.8 Å². The molecular weight excluding hydrogens is 366 g/mol. The zero-order valence-corrected chi connectivity index (χ0v) is 16.4. The smallest absolute Gasteiger partial charge is 0.234 e. The topological polar surface area (TPSA) is 72.7 Å². The third-order valence-corrected chi connectivity index (χ3v) is 5.60. The molecule has 8 heteroatoms. The molecule has 0 unspecified atom stereocenters. The van der Waals surface area contributed by atoms with E-state index in [0.717, 1.165) is 16.3 Å². The molecule has 0 aliphatic carbocycles. The number of hydrogen-bond donors (Lipinski definition) is 1. The number of anilines is 1. The molecule has 1 N–H and O–H groups in total. The molecule has 134 valence electrons. The van der Waals surface area contributed by atoms with Gasteiger partial charge in [-0.1, -0.05) is 30.0 Å². The number of carbonyl (C=O) groups is 1. The van der Waals surface area contributed by atoms with Crippen LogP contribution in [-0.2, 0) is 4.79 Å². The van der Waals surface area contributed by atoms with Crippen molar-refractivity contribution in [1.82, 2.24) is 20.2 Å². The third-order valence-electron chi connectivity index (χ3n) is 3.89. The number of amides is 1. The molecule has 1 amide bonds.